The van der Waals surface area contributed by atoms with E-state index in [0.29, 0.717) is 13.2 Å². The lowest BCUT2D eigenvalue weighted by molar-refractivity contribution is -0.145. The molecule has 1 N–H and O–H groups in total. The summed E-state index contributed by atoms with van der Waals surface area (Å²) in [4.78, 5) is 10.8. The molecule has 1 aliphatic rings. The Balaban J connectivity index is 2.29. The van der Waals surface area contributed by atoms with Crippen molar-refractivity contribution in [3.05, 3.63) is 35.4 Å². The maximum atomic E-state index is 10.8. The summed E-state index contributed by atoms with van der Waals surface area (Å²) in [5.74, 6) is -0.764. The van der Waals surface area contributed by atoms with Crippen LogP contribution in [-0.4, -0.2) is 24.3 Å². The molecule has 1 aliphatic heterocycles. The maximum Gasteiger partial charge on any atom is 0.304 e. The van der Waals surface area contributed by atoms with Crippen LogP contribution >= 0.6 is 0 Å². The van der Waals surface area contributed by atoms with Crippen molar-refractivity contribution in [1.29, 1.82) is 0 Å². The second-order valence-electron chi connectivity index (χ2n) is 4.21. The molecule has 0 aliphatic carbocycles. The van der Waals surface area contributed by atoms with Gasteiger partial charge in [-0.1, -0.05) is 29.8 Å². The Kier molecular flexibility index (Phi) is 2.49. The third-order valence-corrected chi connectivity index (χ3v) is 2.88. The number of aryl methyl sites for hydroxylation is 1. The predicted octanol–water partition coefficient (Wildman–Crippen LogP) is 1.74. The molecule has 0 radical (unpaired) electrons. The van der Waals surface area contributed by atoms with Gasteiger partial charge >= 0.3 is 5.97 Å². The zero-order valence-electron chi connectivity index (χ0n) is 8.69. The van der Waals surface area contributed by atoms with Gasteiger partial charge in [0.15, 0.2) is 0 Å². The summed E-state index contributed by atoms with van der Waals surface area (Å²) in [6, 6.07) is 8.01. The van der Waals surface area contributed by atoms with E-state index >= 15 is 0 Å². The largest absolute Gasteiger partial charge is 0.481 e. The second kappa shape index (κ2) is 3.66. The lowest BCUT2D eigenvalue weighted by Crippen LogP contribution is -2.48. The Labute approximate surface area is 88.7 Å². The Hall–Kier alpha value is -1.35. The van der Waals surface area contributed by atoms with E-state index in [1.807, 2.05) is 31.2 Å². The fourth-order valence-corrected chi connectivity index (χ4v) is 1.98. The highest BCUT2D eigenvalue weighted by Gasteiger charge is 2.42. The Morgan fingerprint density at radius 1 is 1.53 bits per heavy atom. The molecule has 3 heteroatoms. The predicted molar refractivity (Wildman–Crippen MR) is 55.9 cm³/mol. The topological polar surface area (TPSA) is 46.5 Å². The quantitative estimate of drug-likeness (QED) is 0.819. The molecule has 1 fully saturated rings. The van der Waals surface area contributed by atoms with Crippen LogP contribution in [0.25, 0.3) is 0 Å². The van der Waals surface area contributed by atoms with Crippen molar-refractivity contribution in [2.24, 2.45) is 0 Å². The van der Waals surface area contributed by atoms with Crippen LogP contribution in [0.15, 0.2) is 24.3 Å². The molecule has 0 bridgehead atoms. The molecule has 1 aromatic carbocycles. The van der Waals surface area contributed by atoms with E-state index in [9.17, 15) is 4.79 Å². The molecule has 0 aromatic heterocycles. The lowest BCUT2D eigenvalue weighted by Gasteiger charge is -2.41. The minimum absolute atomic E-state index is 0.149. The maximum absolute atomic E-state index is 10.8. The molecule has 0 spiro atoms. The Bertz CT molecular complexity index is 380. The monoisotopic (exact) mass is 206 g/mol. The van der Waals surface area contributed by atoms with Crippen molar-refractivity contribution in [2.75, 3.05) is 13.2 Å². The van der Waals surface area contributed by atoms with Gasteiger partial charge in [-0.15, -0.1) is 0 Å². The third kappa shape index (κ3) is 1.88. The van der Waals surface area contributed by atoms with Crippen LogP contribution in [0.5, 0.6) is 0 Å². The van der Waals surface area contributed by atoms with Gasteiger partial charge in [0.2, 0.25) is 0 Å². The van der Waals surface area contributed by atoms with Gasteiger partial charge in [0, 0.05) is 0 Å². The molecule has 0 amide bonds. The van der Waals surface area contributed by atoms with E-state index < -0.39 is 5.97 Å². The fraction of sp³-hybridized carbons (Fsp3) is 0.417. The van der Waals surface area contributed by atoms with Crippen molar-refractivity contribution in [2.45, 2.75) is 18.8 Å². The summed E-state index contributed by atoms with van der Waals surface area (Å²) in [7, 11) is 0. The standard InChI is InChI=1S/C12H14O3/c1-9-3-2-4-10(5-9)12(6-11(13)14)7-15-8-12/h2-5H,6-8H2,1H3,(H,13,14). The van der Waals surface area contributed by atoms with Crippen LogP contribution < -0.4 is 0 Å². The fourth-order valence-electron chi connectivity index (χ4n) is 1.98. The summed E-state index contributed by atoms with van der Waals surface area (Å²) in [5.41, 5.74) is 1.94. The first-order valence-electron chi connectivity index (χ1n) is 4.99. The molecule has 1 aromatic rings. The molecular weight excluding hydrogens is 192 g/mol. The van der Waals surface area contributed by atoms with Gasteiger partial charge in [0.25, 0.3) is 0 Å². The minimum atomic E-state index is -0.764. The van der Waals surface area contributed by atoms with Crippen LogP contribution in [0.3, 0.4) is 0 Å². The average Bonchev–Trinajstić information content (AvgIpc) is 2.11. The van der Waals surface area contributed by atoms with E-state index in [4.69, 9.17) is 9.84 Å². The molecule has 15 heavy (non-hydrogen) atoms. The Morgan fingerprint density at radius 2 is 2.27 bits per heavy atom. The molecule has 1 saturated heterocycles. The molecule has 2 rings (SSSR count). The summed E-state index contributed by atoms with van der Waals surface area (Å²) in [6.07, 6.45) is 0.149. The molecule has 0 atom stereocenters. The van der Waals surface area contributed by atoms with Gasteiger partial charge in [-0.3, -0.25) is 4.79 Å². The third-order valence-electron chi connectivity index (χ3n) is 2.88. The molecule has 0 unspecified atom stereocenters. The SMILES string of the molecule is Cc1cccc(C2(CC(=O)O)COC2)c1. The van der Waals surface area contributed by atoms with Crippen molar-refractivity contribution in [3.63, 3.8) is 0 Å². The van der Waals surface area contributed by atoms with Gasteiger partial charge in [-0.25, -0.2) is 0 Å². The summed E-state index contributed by atoms with van der Waals surface area (Å²) < 4.78 is 5.17. The highest BCUT2D eigenvalue weighted by Crippen LogP contribution is 2.36. The van der Waals surface area contributed by atoms with Crippen molar-refractivity contribution in [1.82, 2.24) is 0 Å². The van der Waals surface area contributed by atoms with Crippen molar-refractivity contribution >= 4 is 5.97 Å². The zero-order valence-corrected chi connectivity index (χ0v) is 8.69. The van der Waals surface area contributed by atoms with E-state index in [1.165, 1.54) is 0 Å². The number of ether oxygens (including phenoxy) is 1. The van der Waals surface area contributed by atoms with Gasteiger partial charge in [-0.05, 0) is 12.5 Å². The van der Waals surface area contributed by atoms with Crippen molar-refractivity contribution < 1.29 is 14.6 Å². The second-order valence-corrected chi connectivity index (χ2v) is 4.21. The number of benzene rings is 1. The van der Waals surface area contributed by atoms with Crippen LogP contribution in [0, 0.1) is 6.92 Å². The van der Waals surface area contributed by atoms with Crippen LogP contribution in [0.2, 0.25) is 0 Å². The lowest BCUT2D eigenvalue weighted by atomic mass is 9.75. The summed E-state index contributed by atoms with van der Waals surface area (Å²) in [5, 5.41) is 8.89. The van der Waals surface area contributed by atoms with Gasteiger partial charge in [0.1, 0.15) is 0 Å². The number of aliphatic carboxylic acids is 1. The first-order chi connectivity index (χ1) is 7.12. The summed E-state index contributed by atoms with van der Waals surface area (Å²) in [6.45, 7) is 3.04. The first-order valence-corrected chi connectivity index (χ1v) is 4.99. The summed E-state index contributed by atoms with van der Waals surface area (Å²) >= 11 is 0. The van der Waals surface area contributed by atoms with Gasteiger partial charge in [0.05, 0.1) is 25.0 Å². The number of hydrogen-bond acceptors (Lipinski definition) is 2. The van der Waals surface area contributed by atoms with E-state index in [-0.39, 0.29) is 11.8 Å². The van der Waals surface area contributed by atoms with Crippen molar-refractivity contribution in [3.8, 4) is 0 Å². The molecule has 80 valence electrons. The van der Waals surface area contributed by atoms with E-state index in [0.717, 1.165) is 11.1 Å². The Morgan fingerprint density at radius 3 is 2.73 bits per heavy atom. The first kappa shape index (κ1) is 10.2. The van der Waals surface area contributed by atoms with Gasteiger partial charge in [-0.2, -0.15) is 0 Å². The molecular formula is C12H14O3. The molecule has 3 nitrogen and oxygen atoms in total. The van der Waals surface area contributed by atoms with E-state index in [1.54, 1.807) is 0 Å². The normalized spacial score (nSPS) is 18.2. The number of rotatable bonds is 3. The smallest absolute Gasteiger partial charge is 0.304 e. The minimum Gasteiger partial charge on any atom is -0.481 e. The highest BCUT2D eigenvalue weighted by molar-refractivity contribution is 5.69. The number of carbonyl (C=O) groups is 1. The van der Waals surface area contributed by atoms with E-state index in [2.05, 4.69) is 0 Å². The van der Waals surface area contributed by atoms with Crippen LogP contribution in [-0.2, 0) is 14.9 Å². The number of carboxylic acid groups (broad SMARTS) is 1. The average molecular weight is 206 g/mol. The molecule has 0 saturated carbocycles. The van der Waals surface area contributed by atoms with Crippen LogP contribution in [0.1, 0.15) is 17.5 Å². The van der Waals surface area contributed by atoms with Gasteiger partial charge < -0.3 is 9.84 Å². The zero-order chi connectivity index (χ0) is 10.9. The number of hydrogen-bond donors (Lipinski definition) is 1. The van der Waals surface area contributed by atoms with Crippen LogP contribution in [0.4, 0.5) is 0 Å². The highest BCUT2D eigenvalue weighted by atomic mass is 16.5. The number of carboxylic acids is 1. The molecule has 1 heterocycles.